The summed E-state index contributed by atoms with van der Waals surface area (Å²) in [7, 11) is 2.10. The Morgan fingerprint density at radius 1 is 1.20 bits per heavy atom. The topological polar surface area (TPSA) is 29.9 Å². The summed E-state index contributed by atoms with van der Waals surface area (Å²) in [6, 6.07) is 2.35. The lowest BCUT2D eigenvalue weighted by molar-refractivity contribution is 0.450. The molecule has 0 atom stereocenters. The fraction of sp³-hybridized carbons (Fsp3) is 0.750. The van der Waals surface area contributed by atoms with Crippen molar-refractivity contribution in [3.63, 3.8) is 0 Å². The summed E-state index contributed by atoms with van der Waals surface area (Å²) in [5.74, 6) is 1.52. The second-order valence-electron chi connectivity index (χ2n) is 4.92. The Morgan fingerprint density at radius 2 is 1.93 bits per heavy atom. The van der Waals surface area contributed by atoms with Crippen LogP contribution in [0, 0.1) is 0 Å². The number of hydrogen-bond donors (Lipinski definition) is 1. The van der Waals surface area contributed by atoms with Gasteiger partial charge in [0.25, 0.3) is 0 Å². The van der Waals surface area contributed by atoms with Gasteiger partial charge in [0.15, 0.2) is 0 Å². The monoisotopic (exact) mass is 205 g/mol. The lowest BCUT2D eigenvalue weighted by atomic mass is 9.94. The molecule has 0 radical (unpaired) electrons. The van der Waals surface area contributed by atoms with Gasteiger partial charge in [-0.15, -0.1) is 0 Å². The molecule has 1 saturated carbocycles. The molecule has 3 rings (SSSR count). The predicted molar refractivity (Wildman–Crippen MR) is 60.0 cm³/mol. The summed E-state index contributed by atoms with van der Waals surface area (Å²) in [4.78, 5) is 0. The van der Waals surface area contributed by atoms with Gasteiger partial charge in [0.2, 0.25) is 0 Å². The van der Waals surface area contributed by atoms with E-state index >= 15 is 0 Å². The summed E-state index contributed by atoms with van der Waals surface area (Å²) in [5, 5.41) is 8.09. The van der Waals surface area contributed by atoms with Crippen LogP contribution in [0.1, 0.15) is 48.9 Å². The number of aryl methyl sites for hydroxylation is 1. The Hall–Kier alpha value is -0.830. The fourth-order valence-corrected chi connectivity index (χ4v) is 2.58. The van der Waals surface area contributed by atoms with Gasteiger partial charge in [-0.1, -0.05) is 0 Å². The molecule has 1 aromatic rings. The number of nitrogens with one attached hydrogen (secondary N) is 1. The summed E-state index contributed by atoms with van der Waals surface area (Å²) in [6.07, 6.45) is 5.23. The average molecular weight is 205 g/mol. The van der Waals surface area contributed by atoms with E-state index in [1.807, 2.05) is 0 Å². The van der Waals surface area contributed by atoms with Gasteiger partial charge in [-0.3, -0.25) is 4.68 Å². The molecule has 2 fully saturated rings. The van der Waals surface area contributed by atoms with E-state index in [2.05, 4.69) is 28.2 Å². The van der Waals surface area contributed by atoms with E-state index in [0.717, 1.165) is 19.0 Å². The number of hydrogen-bond acceptors (Lipinski definition) is 2. The highest BCUT2D eigenvalue weighted by Crippen LogP contribution is 2.41. The third kappa shape index (κ3) is 1.81. The molecule has 1 N–H and O–H groups in total. The van der Waals surface area contributed by atoms with Crippen molar-refractivity contribution in [1.82, 2.24) is 15.1 Å². The van der Waals surface area contributed by atoms with E-state index in [1.165, 1.54) is 37.1 Å². The molecule has 0 amide bonds. The summed E-state index contributed by atoms with van der Waals surface area (Å²) in [6.45, 7) is 2.31. The van der Waals surface area contributed by atoms with E-state index in [-0.39, 0.29) is 0 Å². The predicted octanol–water partition coefficient (Wildman–Crippen LogP) is 1.76. The molecule has 2 aliphatic rings. The molecule has 15 heavy (non-hydrogen) atoms. The number of nitrogens with zero attached hydrogens (tertiary/aromatic N) is 2. The Bertz CT molecular complexity index is 346. The third-order valence-corrected chi connectivity index (χ3v) is 3.69. The number of aromatic nitrogens is 2. The van der Waals surface area contributed by atoms with Crippen LogP contribution in [0.3, 0.4) is 0 Å². The van der Waals surface area contributed by atoms with Gasteiger partial charge in [0, 0.05) is 24.6 Å². The van der Waals surface area contributed by atoms with Crippen molar-refractivity contribution in [3.8, 4) is 0 Å². The second kappa shape index (κ2) is 3.63. The summed E-state index contributed by atoms with van der Waals surface area (Å²) < 4.78 is 2.11. The lowest BCUT2D eigenvalue weighted by Gasteiger charge is -2.20. The van der Waals surface area contributed by atoms with Gasteiger partial charge in [-0.05, 0) is 44.8 Å². The van der Waals surface area contributed by atoms with Crippen molar-refractivity contribution in [1.29, 1.82) is 0 Å². The largest absolute Gasteiger partial charge is 0.317 e. The zero-order valence-electron chi connectivity index (χ0n) is 9.37. The van der Waals surface area contributed by atoms with Crippen LogP contribution in [0.15, 0.2) is 6.07 Å². The van der Waals surface area contributed by atoms with Gasteiger partial charge in [-0.25, -0.2) is 0 Å². The number of rotatable bonds is 2. The van der Waals surface area contributed by atoms with E-state index in [9.17, 15) is 0 Å². The van der Waals surface area contributed by atoms with Gasteiger partial charge < -0.3 is 5.32 Å². The van der Waals surface area contributed by atoms with Crippen LogP contribution in [0.5, 0.6) is 0 Å². The van der Waals surface area contributed by atoms with Crippen molar-refractivity contribution in [3.05, 3.63) is 17.5 Å². The van der Waals surface area contributed by atoms with E-state index in [1.54, 1.807) is 0 Å². The molecular weight excluding hydrogens is 186 g/mol. The first-order chi connectivity index (χ1) is 7.34. The minimum atomic E-state index is 0.699. The summed E-state index contributed by atoms with van der Waals surface area (Å²) >= 11 is 0. The highest BCUT2D eigenvalue weighted by atomic mass is 15.3. The first-order valence-electron chi connectivity index (χ1n) is 6.09. The molecule has 1 aromatic heterocycles. The number of piperidine rings is 1. The zero-order valence-corrected chi connectivity index (χ0v) is 9.37. The highest BCUT2D eigenvalue weighted by Gasteiger charge is 2.28. The smallest absolute Gasteiger partial charge is 0.0659 e. The van der Waals surface area contributed by atoms with Crippen LogP contribution in [-0.4, -0.2) is 22.9 Å². The maximum Gasteiger partial charge on any atom is 0.0659 e. The van der Waals surface area contributed by atoms with Crippen molar-refractivity contribution in [2.45, 2.75) is 37.5 Å². The molecule has 3 nitrogen and oxygen atoms in total. The lowest BCUT2D eigenvalue weighted by Crippen LogP contribution is -2.26. The maximum absolute atomic E-state index is 4.68. The van der Waals surface area contributed by atoms with Crippen molar-refractivity contribution < 1.29 is 0 Å². The molecule has 0 bridgehead atoms. The quantitative estimate of drug-likeness (QED) is 0.797. The fourth-order valence-electron chi connectivity index (χ4n) is 2.58. The first kappa shape index (κ1) is 9.40. The summed E-state index contributed by atoms with van der Waals surface area (Å²) in [5.41, 5.74) is 2.80. The van der Waals surface area contributed by atoms with E-state index < -0.39 is 0 Å². The van der Waals surface area contributed by atoms with Crippen LogP contribution in [-0.2, 0) is 7.05 Å². The Morgan fingerprint density at radius 3 is 2.60 bits per heavy atom. The molecule has 0 unspecified atom stereocenters. The molecule has 1 saturated heterocycles. The maximum atomic E-state index is 4.68. The SMILES string of the molecule is Cn1nc(C2CCNCC2)cc1C1CC1. The van der Waals surface area contributed by atoms with Gasteiger partial charge in [0.05, 0.1) is 5.69 Å². The van der Waals surface area contributed by atoms with E-state index in [4.69, 9.17) is 0 Å². The minimum absolute atomic E-state index is 0.699. The Balaban J connectivity index is 1.81. The molecule has 2 heterocycles. The molecular formula is C12H19N3. The second-order valence-corrected chi connectivity index (χ2v) is 4.92. The third-order valence-electron chi connectivity index (χ3n) is 3.69. The van der Waals surface area contributed by atoms with Crippen LogP contribution < -0.4 is 5.32 Å². The van der Waals surface area contributed by atoms with Crippen molar-refractivity contribution >= 4 is 0 Å². The molecule has 3 heteroatoms. The molecule has 0 spiro atoms. The highest BCUT2D eigenvalue weighted by molar-refractivity contribution is 5.21. The normalized spacial score (nSPS) is 23.3. The first-order valence-corrected chi connectivity index (χ1v) is 6.09. The zero-order chi connectivity index (χ0) is 10.3. The molecule has 1 aliphatic carbocycles. The van der Waals surface area contributed by atoms with Crippen LogP contribution in [0.4, 0.5) is 0 Å². The van der Waals surface area contributed by atoms with Gasteiger partial charge >= 0.3 is 0 Å². The molecule has 1 aliphatic heterocycles. The van der Waals surface area contributed by atoms with Crippen molar-refractivity contribution in [2.75, 3.05) is 13.1 Å². The average Bonchev–Trinajstić information content (AvgIpc) is 3.04. The van der Waals surface area contributed by atoms with Crippen LogP contribution in [0.25, 0.3) is 0 Å². The molecule has 82 valence electrons. The van der Waals surface area contributed by atoms with Crippen LogP contribution in [0.2, 0.25) is 0 Å². The van der Waals surface area contributed by atoms with Crippen LogP contribution >= 0.6 is 0 Å². The van der Waals surface area contributed by atoms with Gasteiger partial charge in [0.1, 0.15) is 0 Å². The van der Waals surface area contributed by atoms with E-state index in [0.29, 0.717) is 5.92 Å². The Labute approximate surface area is 90.9 Å². The Kier molecular flexibility index (Phi) is 2.28. The molecule has 0 aromatic carbocycles. The standard InChI is InChI=1S/C12H19N3/c1-15-12(10-2-3-10)8-11(14-15)9-4-6-13-7-5-9/h8-10,13H,2-7H2,1H3. The minimum Gasteiger partial charge on any atom is -0.317 e. The van der Waals surface area contributed by atoms with Crippen molar-refractivity contribution in [2.24, 2.45) is 7.05 Å². The van der Waals surface area contributed by atoms with Gasteiger partial charge in [-0.2, -0.15) is 5.10 Å².